The molecule has 2 aromatic carbocycles. The lowest BCUT2D eigenvalue weighted by atomic mass is 9.88. The lowest BCUT2D eigenvalue weighted by molar-refractivity contribution is 0.621. The van der Waals surface area contributed by atoms with Crippen LogP contribution in [0.1, 0.15) is 29.2 Å². The number of hydrogen-bond acceptors (Lipinski definition) is 4. The van der Waals surface area contributed by atoms with Gasteiger partial charge in [-0.1, -0.05) is 66.7 Å². The Morgan fingerprint density at radius 1 is 0.839 bits per heavy atom. The third-order valence-electron chi connectivity index (χ3n) is 5.23. The molecule has 0 saturated carbocycles. The Bertz CT molecular complexity index is 993. The van der Waals surface area contributed by atoms with E-state index in [1.165, 1.54) is 11.1 Å². The molecule has 0 aliphatic rings. The molecular formula is C26H27N3S2. The molecule has 0 amide bonds. The average Bonchev–Trinajstić information content (AvgIpc) is 3.36. The molecule has 2 heterocycles. The molecule has 0 saturated heterocycles. The molecule has 0 aliphatic carbocycles. The van der Waals surface area contributed by atoms with Gasteiger partial charge in [0.05, 0.1) is 5.69 Å². The molecule has 2 unspecified atom stereocenters. The highest BCUT2D eigenvalue weighted by atomic mass is 32.2. The van der Waals surface area contributed by atoms with Crippen molar-refractivity contribution in [3.8, 4) is 0 Å². The van der Waals surface area contributed by atoms with E-state index in [0.29, 0.717) is 11.2 Å². The normalized spacial score (nSPS) is 13.0. The van der Waals surface area contributed by atoms with E-state index in [1.807, 2.05) is 54.7 Å². The number of imidazole rings is 1. The second kappa shape index (κ2) is 11.8. The molecule has 0 spiro atoms. The van der Waals surface area contributed by atoms with Crippen molar-refractivity contribution in [2.24, 2.45) is 0 Å². The average molecular weight is 446 g/mol. The predicted octanol–water partition coefficient (Wildman–Crippen LogP) is 6.49. The molecule has 158 valence electrons. The first-order chi connectivity index (χ1) is 15.4. The third-order valence-corrected chi connectivity index (χ3v) is 7.80. The maximum Gasteiger partial charge on any atom is 0.105 e. The summed E-state index contributed by atoms with van der Waals surface area (Å²) in [5.74, 6) is 2.45. The van der Waals surface area contributed by atoms with Crippen LogP contribution < -0.4 is 0 Å². The topological polar surface area (TPSA) is 30.7 Å². The number of aromatic nitrogens is 3. The van der Waals surface area contributed by atoms with Gasteiger partial charge < -0.3 is 0 Å². The SMILES string of the molecule is c1ccc(CC(CC(CSn2ccnc2)SCc2ccccn2)c2ccccc2)cc1. The first kappa shape index (κ1) is 21.7. The van der Waals surface area contributed by atoms with Crippen LogP contribution in [0.5, 0.6) is 0 Å². The van der Waals surface area contributed by atoms with Gasteiger partial charge in [-0.25, -0.2) is 4.98 Å². The smallest absolute Gasteiger partial charge is 0.105 e. The van der Waals surface area contributed by atoms with Crippen molar-refractivity contribution in [1.82, 2.24) is 13.9 Å². The largest absolute Gasteiger partial charge is 0.280 e. The molecule has 0 aliphatic heterocycles. The summed E-state index contributed by atoms with van der Waals surface area (Å²) < 4.78 is 2.10. The molecule has 0 fully saturated rings. The Morgan fingerprint density at radius 3 is 2.32 bits per heavy atom. The molecule has 0 radical (unpaired) electrons. The Hall–Kier alpha value is -2.50. The number of pyridine rings is 1. The molecule has 3 nitrogen and oxygen atoms in total. The van der Waals surface area contributed by atoms with Crippen molar-refractivity contribution in [1.29, 1.82) is 0 Å². The van der Waals surface area contributed by atoms with E-state index in [9.17, 15) is 0 Å². The maximum atomic E-state index is 4.52. The molecule has 4 aromatic rings. The fourth-order valence-corrected chi connectivity index (χ4v) is 5.89. The lowest BCUT2D eigenvalue weighted by Gasteiger charge is -2.24. The Balaban J connectivity index is 1.49. The molecule has 31 heavy (non-hydrogen) atoms. The molecular weight excluding hydrogens is 418 g/mol. The lowest BCUT2D eigenvalue weighted by Crippen LogP contribution is -2.16. The van der Waals surface area contributed by atoms with Crippen LogP contribution in [0.3, 0.4) is 0 Å². The van der Waals surface area contributed by atoms with Crippen LogP contribution in [0.4, 0.5) is 0 Å². The van der Waals surface area contributed by atoms with E-state index in [0.717, 1.165) is 30.0 Å². The number of rotatable bonds is 11. The van der Waals surface area contributed by atoms with Crippen molar-refractivity contribution in [3.63, 3.8) is 0 Å². The summed E-state index contributed by atoms with van der Waals surface area (Å²) in [4.78, 5) is 8.71. The van der Waals surface area contributed by atoms with Gasteiger partial charge in [0.1, 0.15) is 6.33 Å². The molecule has 2 aromatic heterocycles. The van der Waals surface area contributed by atoms with Crippen LogP contribution in [0, 0.1) is 0 Å². The van der Waals surface area contributed by atoms with Crippen molar-refractivity contribution < 1.29 is 0 Å². The minimum atomic E-state index is 0.480. The van der Waals surface area contributed by atoms with Crippen LogP contribution >= 0.6 is 23.7 Å². The van der Waals surface area contributed by atoms with Crippen LogP contribution in [0.15, 0.2) is 104 Å². The molecule has 0 bridgehead atoms. The van der Waals surface area contributed by atoms with Gasteiger partial charge in [0.25, 0.3) is 0 Å². The van der Waals surface area contributed by atoms with Crippen LogP contribution in [-0.2, 0) is 12.2 Å². The van der Waals surface area contributed by atoms with E-state index in [-0.39, 0.29) is 0 Å². The molecule has 5 heteroatoms. The second-order valence-electron chi connectivity index (χ2n) is 7.51. The highest BCUT2D eigenvalue weighted by Gasteiger charge is 2.20. The summed E-state index contributed by atoms with van der Waals surface area (Å²) >= 11 is 3.84. The summed E-state index contributed by atoms with van der Waals surface area (Å²) in [5.41, 5.74) is 3.96. The standard InChI is InChI=1S/C26H27N3S2/c1-3-9-22(10-4-1)17-24(23-11-5-2-6-12-23)18-26(20-31-29-16-15-27-21-29)30-19-25-13-7-8-14-28-25/h1-16,21,24,26H,17-20H2. The maximum absolute atomic E-state index is 4.52. The number of thioether (sulfide) groups is 1. The summed E-state index contributed by atoms with van der Waals surface area (Å²) in [6, 6.07) is 28.0. The summed E-state index contributed by atoms with van der Waals surface area (Å²) in [5, 5.41) is 0.503. The number of hydrogen-bond donors (Lipinski definition) is 0. The number of nitrogens with zero attached hydrogens (tertiary/aromatic N) is 3. The Morgan fingerprint density at radius 2 is 1.61 bits per heavy atom. The van der Waals surface area contributed by atoms with Gasteiger partial charge in [0.2, 0.25) is 0 Å². The van der Waals surface area contributed by atoms with Crippen molar-refractivity contribution in [2.45, 2.75) is 29.8 Å². The summed E-state index contributed by atoms with van der Waals surface area (Å²) in [6.45, 7) is 0. The van der Waals surface area contributed by atoms with Crippen LogP contribution in [0.2, 0.25) is 0 Å². The van der Waals surface area contributed by atoms with E-state index >= 15 is 0 Å². The molecule has 0 N–H and O–H groups in total. The molecule has 2 atom stereocenters. The van der Waals surface area contributed by atoms with E-state index in [2.05, 4.69) is 86.7 Å². The van der Waals surface area contributed by atoms with Crippen LogP contribution in [0.25, 0.3) is 0 Å². The quantitative estimate of drug-likeness (QED) is 0.264. The van der Waals surface area contributed by atoms with Gasteiger partial charge in [-0.05, 0) is 54.0 Å². The van der Waals surface area contributed by atoms with E-state index in [1.54, 1.807) is 0 Å². The van der Waals surface area contributed by atoms with E-state index in [4.69, 9.17) is 0 Å². The fourth-order valence-electron chi connectivity index (χ4n) is 3.64. The third kappa shape index (κ3) is 7.01. The first-order valence-electron chi connectivity index (χ1n) is 10.6. The number of benzene rings is 2. The van der Waals surface area contributed by atoms with Gasteiger partial charge in [0, 0.05) is 35.3 Å². The van der Waals surface area contributed by atoms with Crippen molar-refractivity contribution in [3.05, 3.63) is 121 Å². The Kier molecular flexibility index (Phi) is 8.25. The fraction of sp³-hybridized carbons (Fsp3) is 0.231. The minimum Gasteiger partial charge on any atom is -0.280 e. The Labute approximate surface area is 193 Å². The van der Waals surface area contributed by atoms with Gasteiger partial charge in [0.15, 0.2) is 0 Å². The van der Waals surface area contributed by atoms with Crippen LogP contribution in [-0.4, -0.2) is 24.9 Å². The zero-order valence-electron chi connectivity index (χ0n) is 17.5. The minimum absolute atomic E-state index is 0.480. The second-order valence-corrected chi connectivity index (χ2v) is 9.81. The van der Waals surface area contributed by atoms with Gasteiger partial charge >= 0.3 is 0 Å². The summed E-state index contributed by atoms with van der Waals surface area (Å²) in [7, 11) is 0. The zero-order chi connectivity index (χ0) is 21.1. The summed E-state index contributed by atoms with van der Waals surface area (Å²) in [6.07, 6.45) is 9.80. The highest BCUT2D eigenvalue weighted by Crippen LogP contribution is 2.33. The van der Waals surface area contributed by atoms with Crippen molar-refractivity contribution >= 4 is 23.7 Å². The molecule has 4 rings (SSSR count). The van der Waals surface area contributed by atoms with E-state index < -0.39 is 0 Å². The van der Waals surface area contributed by atoms with Gasteiger partial charge in [-0.15, -0.1) is 0 Å². The highest BCUT2D eigenvalue weighted by molar-refractivity contribution is 8.02. The monoisotopic (exact) mass is 445 g/mol. The predicted molar refractivity (Wildman–Crippen MR) is 133 cm³/mol. The van der Waals surface area contributed by atoms with Gasteiger partial charge in [-0.3, -0.25) is 8.96 Å². The van der Waals surface area contributed by atoms with Crippen molar-refractivity contribution in [2.75, 3.05) is 5.75 Å². The van der Waals surface area contributed by atoms with Gasteiger partial charge in [-0.2, -0.15) is 11.8 Å². The first-order valence-corrected chi connectivity index (χ1v) is 12.6. The zero-order valence-corrected chi connectivity index (χ0v) is 19.1.